The van der Waals surface area contributed by atoms with Gasteiger partial charge in [-0.1, -0.05) is 11.6 Å². The number of carbonyl (C=O) groups is 3. The van der Waals surface area contributed by atoms with Gasteiger partial charge in [-0.3, -0.25) is 9.59 Å². The van der Waals surface area contributed by atoms with E-state index in [-0.39, 0.29) is 23.4 Å². The topological polar surface area (TPSA) is 127 Å². The number of urea groups is 1. The summed E-state index contributed by atoms with van der Waals surface area (Å²) in [5.74, 6) is -0.348. The number of hydrogen-bond acceptors (Lipinski definition) is 6. The summed E-state index contributed by atoms with van der Waals surface area (Å²) in [6.45, 7) is 2.01. The number of benzene rings is 1. The molecule has 0 bridgehead atoms. The Morgan fingerprint density at radius 2 is 2.03 bits per heavy atom. The van der Waals surface area contributed by atoms with Crippen molar-refractivity contribution in [2.45, 2.75) is 50.9 Å². The molecule has 4 amide bonds. The van der Waals surface area contributed by atoms with Crippen LogP contribution in [0.3, 0.4) is 0 Å². The zero-order valence-electron chi connectivity index (χ0n) is 20.5. The first-order valence-corrected chi connectivity index (χ1v) is 13.3. The number of rotatable bonds is 8. The Labute approximate surface area is 215 Å². The minimum atomic E-state index is -0.592. The van der Waals surface area contributed by atoms with Gasteiger partial charge in [0.05, 0.1) is 17.8 Å². The fraction of sp³-hybridized carbons (Fsp3) is 0.462. The van der Waals surface area contributed by atoms with Gasteiger partial charge in [0.2, 0.25) is 5.91 Å². The second kappa shape index (κ2) is 12.0. The van der Waals surface area contributed by atoms with Gasteiger partial charge >= 0.3 is 6.03 Å². The van der Waals surface area contributed by atoms with E-state index in [9.17, 15) is 14.4 Å². The summed E-state index contributed by atoms with van der Waals surface area (Å²) in [7, 11) is 1.48. The van der Waals surface area contributed by atoms with Crippen molar-refractivity contribution in [3.05, 3.63) is 51.5 Å². The average Bonchev–Trinajstić information content (AvgIpc) is 3.40. The van der Waals surface area contributed by atoms with Gasteiger partial charge in [-0.25, -0.2) is 9.78 Å². The highest BCUT2D eigenvalue weighted by molar-refractivity contribution is 7.10. The molecule has 1 aliphatic heterocycles. The van der Waals surface area contributed by atoms with Gasteiger partial charge in [-0.15, -0.1) is 11.3 Å². The number of aromatic nitrogens is 1. The highest BCUT2D eigenvalue weighted by Crippen LogP contribution is 2.31. The van der Waals surface area contributed by atoms with Gasteiger partial charge in [0.25, 0.3) is 5.91 Å². The molecule has 1 saturated heterocycles. The lowest BCUT2D eigenvalue weighted by Crippen LogP contribution is -2.44. The lowest BCUT2D eigenvalue weighted by Gasteiger charge is -2.31. The molecule has 1 aromatic carbocycles. The van der Waals surface area contributed by atoms with Crippen LogP contribution in [0.2, 0.25) is 0 Å². The van der Waals surface area contributed by atoms with Crippen molar-refractivity contribution in [1.29, 1.82) is 0 Å². The van der Waals surface area contributed by atoms with E-state index in [1.165, 1.54) is 42.9 Å². The number of anilines is 1. The molecule has 10 heteroatoms. The van der Waals surface area contributed by atoms with E-state index in [1.54, 1.807) is 17.5 Å². The fourth-order valence-electron chi connectivity index (χ4n) is 4.63. The van der Waals surface area contributed by atoms with Crippen LogP contribution in [0.1, 0.15) is 76.7 Å². The minimum absolute atomic E-state index is 0.00352. The molecule has 9 nitrogen and oxygen atoms in total. The van der Waals surface area contributed by atoms with Crippen molar-refractivity contribution in [3.63, 3.8) is 0 Å². The van der Waals surface area contributed by atoms with Crippen molar-refractivity contribution in [2.24, 2.45) is 5.73 Å². The maximum atomic E-state index is 12.8. The van der Waals surface area contributed by atoms with Crippen molar-refractivity contribution in [2.75, 3.05) is 32.1 Å². The third kappa shape index (κ3) is 6.42. The van der Waals surface area contributed by atoms with Gasteiger partial charge in [0, 0.05) is 36.5 Å². The van der Waals surface area contributed by atoms with Crippen molar-refractivity contribution < 1.29 is 19.1 Å². The largest absolute Gasteiger partial charge is 0.495 e. The molecule has 0 radical (unpaired) electrons. The number of amides is 4. The summed E-state index contributed by atoms with van der Waals surface area (Å²) in [6, 6.07) is 4.60. The number of piperidine rings is 1. The zero-order chi connectivity index (χ0) is 25.5. The lowest BCUT2D eigenvalue weighted by atomic mass is 9.97. The SMILES string of the molecule is COc1ccc(C(N)=O)cc1NC(=O)c1csc(C2CCN(C(=O)NCCC3=CCCCC3)CC2)n1. The molecule has 1 fully saturated rings. The van der Waals surface area contributed by atoms with Crippen LogP contribution < -0.4 is 21.1 Å². The molecule has 0 saturated carbocycles. The first-order chi connectivity index (χ1) is 17.4. The molecule has 0 spiro atoms. The molecular formula is C26H33N5O4S. The Hall–Kier alpha value is -3.40. The van der Waals surface area contributed by atoms with Crippen LogP contribution in [-0.4, -0.2) is 54.5 Å². The number of allylic oxidation sites excluding steroid dienone is 1. The number of nitrogens with two attached hydrogens (primary N) is 1. The van der Waals surface area contributed by atoms with E-state index in [2.05, 4.69) is 21.7 Å². The number of nitrogens with one attached hydrogen (secondary N) is 2. The number of likely N-dealkylation sites (tertiary alicyclic amines) is 1. The molecule has 2 heterocycles. The summed E-state index contributed by atoms with van der Waals surface area (Å²) in [5.41, 5.74) is 7.74. The van der Waals surface area contributed by atoms with E-state index in [0.29, 0.717) is 36.8 Å². The van der Waals surface area contributed by atoms with Gasteiger partial charge in [-0.05, 0) is 63.1 Å². The number of nitrogens with zero attached hydrogens (tertiary/aromatic N) is 2. The third-order valence-corrected chi connectivity index (χ3v) is 7.73. The third-order valence-electron chi connectivity index (χ3n) is 6.73. The summed E-state index contributed by atoms with van der Waals surface area (Å²) in [5, 5.41) is 8.44. The van der Waals surface area contributed by atoms with Gasteiger partial charge in [0.1, 0.15) is 11.4 Å². The molecule has 36 heavy (non-hydrogen) atoms. The predicted octanol–water partition coefficient (Wildman–Crippen LogP) is 4.28. The van der Waals surface area contributed by atoms with E-state index in [4.69, 9.17) is 10.5 Å². The van der Waals surface area contributed by atoms with Crippen LogP contribution in [0, 0.1) is 0 Å². The summed E-state index contributed by atoms with van der Waals surface area (Å²) >= 11 is 1.45. The van der Waals surface area contributed by atoms with Crippen molar-refractivity contribution >= 4 is 34.9 Å². The number of methoxy groups -OCH3 is 1. The minimum Gasteiger partial charge on any atom is -0.495 e. The molecule has 1 aliphatic carbocycles. The number of primary amides is 1. The number of ether oxygens (including phenoxy) is 1. The van der Waals surface area contributed by atoms with Crippen LogP contribution in [0.15, 0.2) is 35.2 Å². The van der Waals surface area contributed by atoms with Crippen molar-refractivity contribution in [1.82, 2.24) is 15.2 Å². The van der Waals surface area contributed by atoms with Crippen LogP contribution in [0.5, 0.6) is 5.75 Å². The molecular weight excluding hydrogens is 478 g/mol. The molecule has 0 atom stereocenters. The maximum Gasteiger partial charge on any atom is 0.317 e. The van der Waals surface area contributed by atoms with E-state index in [1.807, 2.05) is 4.90 Å². The Morgan fingerprint density at radius 1 is 1.22 bits per heavy atom. The second-order valence-electron chi connectivity index (χ2n) is 9.16. The fourth-order valence-corrected chi connectivity index (χ4v) is 5.60. The normalized spacial score (nSPS) is 16.2. The van der Waals surface area contributed by atoms with Gasteiger partial charge in [-0.2, -0.15) is 0 Å². The van der Waals surface area contributed by atoms with Crippen LogP contribution in [0.25, 0.3) is 0 Å². The molecule has 4 rings (SSSR count). The molecule has 4 N–H and O–H groups in total. The van der Waals surface area contributed by atoms with Crippen LogP contribution in [-0.2, 0) is 0 Å². The zero-order valence-corrected chi connectivity index (χ0v) is 21.4. The maximum absolute atomic E-state index is 12.8. The summed E-state index contributed by atoms with van der Waals surface area (Å²) in [6.07, 6.45) is 9.71. The Morgan fingerprint density at radius 3 is 2.72 bits per heavy atom. The van der Waals surface area contributed by atoms with E-state index >= 15 is 0 Å². The second-order valence-corrected chi connectivity index (χ2v) is 10.0. The highest BCUT2D eigenvalue weighted by Gasteiger charge is 2.26. The molecule has 2 aromatic rings. The van der Waals surface area contributed by atoms with Crippen molar-refractivity contribution in [3.8, 4) is 5.75 Å². The van der Waals surface area contributed by atoms with E-state index < -0.39 is 5.91 Å². The molecule has 2 aliphatic rings. The molecule has 1 aromatic heterocycles. The molecule has 192 valence electrons. The standard InChI is InChI=1S/C26H33N5O4S/c1-35-22-8-7-19(23(27)32)15-20(22)29-24(33)21-16-36-25(30-21)18-10-13-31(14-11-18)26(34)28-12-9-17-5-3-2-4-6-17/h5,7-8,15-16,18H,2-4,6,9-14H2,1H3,(H2,27,32)(H,28,34)(H,29,33). The number of thiazole rings is 1. The van der Waals surface area contributed by atoms with E-state index in [0.717, 1.165) is 37.1 Å². The number of carbonyl (C=O) groups excluding carboxylic acids is 3. The number of hydrogen-bond donors (Lipinski definition) is 3. The van der Waals surface area contributed by atoms with Crippen LogP contribution in [0.4, 0.5) is 10.5 Å². The predicted molar refractivity (Wildman–Crippen MR) is 140 cm³/mol. The lowest BCUT2D eigenvalue weighted by molar-refractivity contribution is 0.0995. The first-order valence-electron chi connectivity index (χ1n) is 12.4. The average molecular weight is 512 g/mol. The van der Waals surface area contributed by atoms with Gasteiger partial charge in [0.15, 0.2) is 0 Å². The Bertz CT molecular complexity index is 1140. The smallest absolute Gasteiger partial charge is 0.317 e. The highest BCUT2D eigenvalue weighted by atomic mass is 32.1. The summed E-state index contributed by atoms with van der Waals surface area (Å²) in [4.78, 5) is 43.3. The quantitative estimate of drug-likeness (QED) is 0.456. The Kier molecular flexibility index (Phi) is 8.58. The van der Waals surface area contributed by atoms with Gasteiger partial charge < -0.3 is 26.0 Å². The Balaban J connectivity index is 1.28. The van der Waals surface area contributed by atoms with Crippen LogP contribution >= 0.6 is 11.3 Å². The first kappa shape index (κ1) is 25.7. The molecule has 0 unspecified atom stereocenters. The summed E-state index contributed by atoms with van der Waals surface area (Å²) < 4.78 is 5.28. The monoisotopic (exact) mass is 511 g/mol.